The van der Waals surface area contributed by atoms with Crippen molar-refractivity contribution in [2.45, 2.75) is 19.6 Å². The van der Waals surface area contributed by atoms with Gasteiger partial charge in [-0.05, 0) is 58.8 Å². The highest BCUT2D eigenvalue weighted by atomic mass is 79.9. The average Bonchev–Trinajstić information content (AvgIpc) is 3.35. The highest BCUT2D eigenvalue weighted by molar-refractivity contribution is 9.10. The van der Waals surface area contributed by atoms with E-state index in [1.807, 2.05) is 0 Å². The molecule has 0 saturated carbocycles. The lowest BCUT2D eigenvalue weighted by molar-refractivity contribution is -0.144. The zero-order chi connectivity index (χ0) is 24.3. The first-order valence-corrected chi connectivity index (χ1v) is 10.2. The zero-order valence-electron chi connectivity index (χ0n) is 17.7. The van der Waals surface area contributed by atoms with Gasteiger partial charge in [0.2, 0.25) is 5.76 Å². The molecule has 2 aromatic rings. The number of aliphatic carboxylic acids is 1. The van der Waals surface area contributed by atoms with E-state index in [2.05, 4.69) is 26.0 Å². The van der Waals surface area contributed by atoms with Crippen molar-refractivity contribution in [1.29, 1.82) is 0 Å². The van der Waals surface area contributed by atoms with Gasteiger partial charge in [-0.1, -0.05) is 0 Å². The fraction of sp³-hybridized carbons (Fsp3) is 0.238. The summed E-state index contributed by atoms with van der Waals surface area (Å²) in [6.45, 7) is 1.18. The molecule has 0 spiro atoms. The Morgan fingerprint density at radius 3 is 2.64 bits per heavy atom. The number of carbonyl (C=O) groups excluding carboxylic acids is 3. The number of amides is 3. The Labute approximate surface area is 196 Å². The molecule has 1 aromatic heterocycles. The summed E-state index contributed by atoms with van der Waals surface area (Å²) in [5.41, 5.74) is 0.479. The number of furan rings is 1. The first-order valence-electron chi connectivity index (χ1n) is 9.43. The second kappa shape index (κ2) is 9.77. The van der Waals surface area contributed by atoms with E-state index in [0.717, 1.165) is 4.90 Å². The largest absolute Gasteiger partial charge is 0.493 e. The van der Waals surface area contributed by atoms with Gasteiger partial charge in [0.1, 0.15) is 11.5 Å². The predicted molar refractivity (Wildman–Crippen MR) is 116 cm³/mol. The highest BCUT2D eigenvalue weighted by Gasteiger charge is 2.34. The van der Waals surface area contributed by atoms with E-state index in [4.69, 9.17) is 19.0 Å². The van der Waals surface area contributed by atoms with Crippen molar-refractivity contribution < 1.29 is 42.9 Å². The first kappa shape index (κ1) is 23.9. The van der Waals surface area contributed by atoms with Gasteiger partial charge in [-0.2, -0.15) is 0 Å². The van der Waals surface area contributed by atoms with E-state index < -0.39 is 30.0 Å². The van der Waals surface area contributed by atoms with Crippen molar-refractivity contribution >= 4 is 45.9 Å². The van der Waals surface area contributed by atoms with Crippen LogP contribution < -0.4 is 14.8 Å². The van der Waals surface area contributed by atoms with E-state index in [9.17, 15) is 19.2 Å². The maximum atomic E-state index is 12.8. The Bertz CT molecular complexity index is 1150. The van der Waals surface area contributed by atoms with Crippen molar-refractivity contribution in [3.63, 3.8) is 0 Å². The van der Waals surface area contributed by atoms with Crippen LogP contribution in [0.2, 0.25) is 0 Å². The molecule has 2 N–H and O–H groups in total. The van der Waals surface area contributed by atoms with Crippen LogP contribution in [0.5, 0.6) is 11.5 Å². The average molecular weight is 523 g/mol. The Balaban J connectivity index is 1.82. The van der Waals surface area contributed by atoms with Gasteiger partial charge in [0.25, 0.3) is 5.91 Å². The molecule has 3 amide bonds. The van der Waals surface area contributed by atoms with Crippen LogP contribution in [0.15, 0.2) is 38.9 Å². The summed E-state index contributed by atoms with van der Waals surface area (Å²) in [4.78, 5) is 48.6. The summed E-state index contributed by atoms with van der Waals surface area (Å²) in [5, 5.41) is 11.5. The Morgan fingerprint density at radius 1 is 1.27 bits per heavy atom. The van der Waals surface area contributed by atoms with E-state index in [1.165, 1.54) is 45.4 Å². The van der Waals surface area contributed by atoms with Crippen molar-refractivity contribution in [2.24, 2.45) is 0 Å². The van der Waals surface area contributed by atoms with E-state index in [1.54, 1.807) is 6.07 Å². The van der Waals surface area contributed by atoms with E-state index in [-0.39, 0.29) is 35.3 Å². The standard InChI is InChI=1S/C21H19BrN2O9/c1-10(19(26)27)32-17-13(22)6-11(8-16(17)30-2)7-14-18(25)24(21(29)23-14)9-12-4-5-15(33-12)20(28)31-3/h4-8,10H,9H2,1-3H3,(H,23,29)(H,26,27)/b14-7-/t10-/m0/s1. The van der Waals surface area contributed by atoms with Gasteiger partial charge in [-0.25, -0.2) is 14.4 Å². The third kappa shape index (κ3) is 5.17. The predicted octanol–water partition coefficient (Wildman–Crippen LogP) is 2.78. The van der Waals surface area contributed by atoms with Crippen LogP contribution in [0, 0.1) is 0 Å². The van der Waals surface area contributed by atoms with E-state index in [0.29, 0.717) is 10.0 Å². The lowest BCUT2D eigenvalue weighted by atomic mass is 10.1. The van der Waals surface area contributed by atoms with Crippen LogP contribution in [-0.4, -0.2) is 54.2 Å². The molecule has 12 heteroatoms. The number of methoxy groups -OCH3 is 2. The molecule has 1 atom stereocenters. The SMILES string of the molecule is COC(=O)c1ccc(CN2C(=O)N/C(=C\c3cc(Br)c(O[C@@H](C)C(=O)O)c(OC)c3)C2=O)o1. The van der Waals surface area contributed by atoms with Crippen molar-refractivity contribution in [2.75, 3.05) is 14.2 Å². The molecule has 33 heavy (non-hydrogen) atoms. The zero-order valence-corrected chi connectivity index (χ0v) is 19.3. The number of nitrogens with one attached hydrogen (secondary N) is 1. The molecule has 0 aliphatic carbocycles. The minimum Gasteiger partial charge on any atom is -0.493 e. The third-order valence-corrected chi connectivity index (χ3v) is 5.12. The van der Waals surface area contributed by atoms with Crippen molar-refractivity contribution in [3.05, 3.63) is 51.5 Å². The van der Waals surface area contributed by atoms with Crippen molar-refractivity contribution in [1.82, 2.24) is 10.2 Å². The molecule has 0 radical (unpaired) electrons. The van der Waals surface area contributed by atoms with Gasteiger partial charge < -0.3 is 29.1 Å². The molecule has 1 aliphatic rings. The number of urea groups is 1. The summed E-state index contributed by atoms with van der Waals surface area (Å²) in [6.07, 6.45) is 0.310. The first-order chi connectivity index (χ1) is 15.6. The number of carboxylic acids is 1. The molecule has 174 valence electrons. The van der Waals surface area contributed by atoms with Gasteiger partial charge in [-0.15, -0.1) is 0 Å². The number of carbonyl (C=O) groups is 4. The number of halogens is 1. The lowest BCUT2D eigenvalue weighted by Crippen LogP contribution is -2.30. The van der Waals surface area contributed by atoms with E-state index >= 15 is 0 Å². The van der Waals surface area contributed by atoms with Crippen LogP contribution in [0.1, 0.15) is 28.8 Å². The monoisotopic (exact) mass is 522 g/mol. The summed E-state index contributed by atoms with van der Waals surface area (Å²) in [7, 11) is 2.59. The molecule has 1 saturated heterocycles. The third-order valence-electron chi connectivity index (χ3n) is 4.53. The molecule has 1 aromatic carbocycles. The maximum Gasteiger partial charge on any atom is 0.373 e. The van der Waals surface area contributed by atoms with Crippen molar-refractivity contribution in [3.8, 4) is 11.5 Å². The molecule has 1 aliphatic heterocycles. The number of nitrogens with zero attached hydrogens (tertiary/aromatic N) is 1. The number of imide groups is 1. The van der Waals surface area contributed by atoms with Crippen LogP contribution in [0.4, 0.5) is 4.79 Å². The summed E-state index contributed by atoms with van der Waals surface area (Å²) < 4.78 is 21.0. The topological polar surface area (TPSA) is 145 Å². The normalized spacial score (nSPS) is 15.4. The van der Waals surface area contributed by atoms with Crippen LogP contribution in [0.3, 0.4) is 0 Å². The molecule has 1 fully saturated rings. The molecule has 11 nitrogen and oxygen atoms in total. The quantitative estimate of drug-likeness (QED) is 0.303. The molecular formula is C21H19BrN2O9. The van der Waals surface area contributed by atoms with Gasteiger partial charge in [-0.3, -0.25) is 9.69 Å². The smallest absolute Gasteiger partial charge is 0.373 e. The molecular weight excluding hydrogens is 504 g/mol. The number of hydrogen-bond acceptors (Lipinski definition) is 8. The molecule has 0 bridgehead atoms. The molecule has 0 unspecified atom stereocenters. The number of benzene rings is 1. The lowest BCUT2D eigenvalue weighted by Gasteiger charge is -2.16. The number of carboxylic acid groups (broad SMARTS) is 1. The highest BCUT2D eigenvalue weighted by Crippen LogP contribution is 2.38. The number of hydrogen-bond donors (Lipinski definition) is 2. The minimum absolute atomic E-state index is 0.00118. The molecule has 2 heterocycles. The van der Waals surface area contributed by atoms with Gasteiger partial charge in [0.05, 0.1) is 25.2 Å². The Hall–Kier alpha value is -3.80. The Morgan fingerprint density at radius 2 is 2.00 bits per heavy atom. The number of ether oxygens (including phenoxy) is 3. The number of esters is 1. The van der Waals surface area contributed by atoms with Gasteiger partial charge in [0.15, 0.2) is 17.6 Å². The molecule has 3 rings (SSSR count). The van der Waals surface area contributed by atoms with Crippen LogP contribution in [0.25, 0.3) is 6.08 Å². The minimum atomic E-state index is -1.15. The maximum absolute atomic E-state index is 12.8. The summed E-state index contributed by atoms with van der Waals surface area (Å²) in [6, 6.07) is 5.29. The second-order valence-electron chi connectivity index (χ2n) is 6.77. The fourth-order valence-electron chi connectivity index (χ4n) is 2.88. The van der Waals surface area contributed by atoms with Crippen LogP contribution in [-0.2, 0) is 20.9 Å². The van der Waals surface area contributed by atoms with Gasteiger partial charge >= 0.3 is 18.0 Å². The Kier molecular flexibility index (Phi) is 7.07. The van der Waals surface area contributed by atoms with Crippen LogP contribution >= 0.6 is 15.9 Å². The number of rotatable bonds is 8. The summed E-state index contributed by atoms with van der Waals surface area (Å²) >= 11 is 3.31. The second-order valence-corrected chi connectivity index (χ2v) is 7.62. The van der Waals surface area contributed by atoms with Gasteiger partial charge in [0, 0.05) is 0 Å². The fourth-order valence-corrected chi connectivity index (χ4v) is 3.43. The summed E-state index contributed by atoms with van der Waals surface area (Å²) in [5.74, 6) is -1.86.